The van der Waals surface area contributed by atoms with Crippen molar-refractivity contribution in [2.75, 3.05) is 5.32 Å². The Hall–Kier alpha value is -2.96. The molecular weight excluding hydrogens is 316 g/mol. The zero-order chi connectivity index (χ0) is 17.8. The first-order chi connectivity index (χ1) is 12.0. The predicted molar refractivity (Wildman–Crippen MR) is 95.3 cm³/mol. The zero-order valence-corrected chi connectivity index (χ0v) is 14.7. The molecule has 0 fully saturated rings. The normalized spacial score (nSPS) is 10.8. The van der Waals surface area contributed by atoms with Crippen LogP contribution in [0.15, 0.2) is 36.7 Å². The molecule has 3 rings (SSSR count). The van der Waals surface area contributed by atoms with Gasteiger partial charge in [0.15, 0.2) is 0 Å². The molecule has 0 spiro atoms. The lowest BCUT2D eigenvalue weighted by Gasteiger charge is -2.04. The van der Waals surface area contributed by atoms with E-state index in [1.807, 2.05) is 36.7 Å². The van der Waals surface area contributed by atoms with Crippen LogP contribution in [0.3, 0.4) is 0 Å². The van der Waals surface area contributed by atoms with Gasteiger partial charge in [0.1, 0.15) is 6.33 Å². The second-order valence-corrected chi connectivity index (χ2v) is 6.20. The van der Waals surface area contributed by atoms with Gasteiger partial charge in [0, 0.05) is 18.7 Å². The Morgan fingerprint density at radius 3 is 2.72 bits per heavy atom. The van der Waals surface area contributed by atoms with E-state index in [-0.39, 0.29) is 5.91 Å². The summed E-state index contributed by atoms with van der Waals surface area (Å²) >= 11 is 0. The van der Waals surface area contributed by atoms with E-state index in [1.54, 1.807) is 11.0 Å². The fraction of sp³-hybridized carbons (Fsp3) is 0.333. The average Bonchev–Trinajstić information content (AvgIpc) is 3.11. The highest BCUT2D eigenvalue weighted by Gasteiger charge is 2.09. The predicted octanol–water partition coefficient (Wildman–Crippen LogP) is 2.48. The molecule has 0 aliphatic rings. The number of aromatic nitrogens is 5. The van der Waals surface area contributed by atoms with Crippen LogP contribution in [0.1, 0.15) is 28.9 Å². The average molecular weight is 338 g/mol. The Kier molecular flexibility index (Phi) is 4.92. The molecule has 2 aromatic heterocycles. The van der Waals surface area contributed by atoms with Gasteiger partial charge in [-0.15, -0.1) is 5.10 Å². The molecule has 0 aliphatic heterocycles. The summed E-state index contributed by atoms with van der Waals surface area (Å²) in [6.45, 7) is 7.13. The number of amides is 1. The van der Waals surface area contributed by atoms with Gasteiger partial charge in [0.25, 0.3) is 0 Å². The Morgan fingerprint density at radius 2 is 2.00 bits per heavy atom. The topological polar surface area (TPSA) is 77.6 Å². The second kappa shape index (κ2) is 7.29. The standard InChI is InChI=1S/C18H22N6O/c1-13-5-4-6-16(9-13)11-23-12-19-18(22-23)20-17(25)7-8-24-15(3)10-14(2)21-24/h4-6,9-10,12H,7-8,11H2,1-3H3,(H,20,22,25). The molecule has 0 atom stereocenters. The number of nitrogens with zero attached hydrogens (tertiary/aromatic N) is 5. The van der Waals surface area contributed by atoms with E-state index in [0.29, 0.717) is 25.5 Å². The first-order valence-electron chi connectivity index (χ1n) is 8.25. The summed E-state index contributed by atoms with van der Waals surface area (Å²) in [5.41, 5.74) is 4.35. The summed E-state index contributed by atoms with van der Waals surface area (Å²) in [5, 5.41) is 11.4. The van der Waals surface area contributed by atoms with Crippen LogP contribution >= 0.6 is 0 Å². The maximum atomic E-state index is 12.1. The van der Waals surface area contributed by atoms with Crippen LogP contribution in [-0.4, -0.2) is 30.5 Å². The third-order valence-electron chi connectivity index (χ3n) is 3.87. The van der Waals surface area contributed by atoms with Crippen molar-refractivity contribution in [3.8, 4) is 0 Å². The lowest BCUT2D eigenvalue weighted by atomic mass is 10.1. The number of nitrogens with one attached hydrogen (secondary N) is 1. The monoisotopic (exact) mass is 338 g/mol. The van der Waals surface area contributed by atoms with Crippen molar-refractivity contribution in [3.63, 3.8) is 0 Å². The van der Waals surface area contributed by atoms with E-state index in [1.165, 1.54) is 5.56 Å². The fourth-order valence-corrected chi connectivity index (χ4v) is 2.72. The summed E-state index contributed by atoms with van der Waals surface area (Å²) in [7, 11) is 0. The van der Waals surface area contributed by atoms with Crippen LogP contribution in [0.5, 0.6) is 0 Å². The third-order valence-corrected chi connectivity index (χ3v) is 3.87. The van der Waals surface area contributed by atoms with Crippen LogP contribution in [0, 0.1) is 20.8 Å². The first kappa shape index (κ1) is 16.9. The molecule has 0 saturated heterocycles. The lowest BCUT2D eigenvalue weighted by molar-refractivity contribution is -0.116. The number of rotatable bonds is 6. The van der Waals surface area contributed by atoms with Gasteiger partial charge < -0.3 is 0 Å². The smallest absolute Gasteiger partial charge is 0.248 e. The summed E-state index contributed by atoms with van der Waals surface area (Å²) in [5.74, 6) is 0.201. The van der Waals surface area contributed by atoms with Crippen molar-refractivity contribution < 1.29 is 4.79 Å². The number of carbonyl (C=O) groups is 1. The maximum absolute atomic E-state index is 12.1. The molecule has 7 heteroatoms. The highest BCUT2D eigenvalue weighted by atomic mass is 16.1. The number of hydrogen-bond donors (Lipinski definition) is 1. The summed E-state index contributed by atoms with van der Waals surface area (Å²) in [6, 6.07) is 10.2. The first-order valence-corrected chi connectivity index (χ1v) is 8.25. The Bertz CT molecular complexity index is 879. The van der Waals surface area contributed by atoms with E-state index in [2.05, 4.69) is 39.6 Å². The minimum atomic E-state index is -0.124. The van der Waals surface area contributed by atoms with Gasteiger partial charge in [-0.05, 0) is 32.4 Å². The van der Waals surface area contributed by atoms with Gasteiger partial charge in [0.2, 0.25) is 11.9 Å². The van der Waals surface area contributed by atoms with Crippen molar-refractivity contribution in [2.24, 2.45) is 0 Å². The molecule has 25 heavy (non-hydrogen) atoms. The molecule has 1 aromatic carbocycles. The van der Waals surface area contributed by atoms with Crippen molar-refractivity contribution in [1.82, 2.24) is 24.5 Å². The molecular formula is C18H22N6O. The van der Waals surface area contributed by atoms with Crippen LogP contribution in [0.2, 0.25) is 0 Å². The molecule has 0 bridgehead atoms. The molecule has 7 nitrogen and oxygen atoms in total. The lowest BCUT2D eigenvalue weighted by Crippen LogP contribution is -2.16. The molecule has 1 N–H and O–H groups in total. The SMILES string of the molecule is Cc1cccc(Cn2cnc(NC(=O)CCn3nc(C)cc3C)n2)c1. The van der Waals surface area contributed by atoms with Crippen molar-refractivity contribution in [2.45, 2.75) is 40.3 Å². The van der Waals surface area contributed by atoms with Crippen LogP contribution in [-0.2, 0) is 17.9 Å². The number of hydrogen-bond acceptors (Lipinski definition) is 4. The number of anilines is 1. The van der Waals surface area contributed by atoms with Gasteiger partial charge in [0.05, 0.1) is 12.2 Å². The van der Waals surface area contributed by atoms with Crippen LogP contribution in [0.25, 0.3) is 0 Å². The van der Waals surface area contributed by atoms with Gasteiger partial charge in [-0.3, -0.25) is 14.8 Å². The van der Waals surface area contributed by atoms with Gasteiger partial charge in [-0.25, -0.2) is 9.67 Å². The van der Waals surface area contributed by atoms with Crippen molar-refractivity contribution in [1.29, 1.82) is 0 Å². The Labute approximate surface area is 146 Å². The van der Waals surface area contributed by atoms with Gasteiger partial charge >= 0.3 is 0 Å². The van der Waals surface area contributed by atoms with E-state index < -0.39 is 0 Å². The molecule has 0 radical (unpaired) electrons. The van der Waals surface area contributed by atoms with Crippen LogP contribution in [0.4, 0.5) is 5.95 Å². The van der Waals surface area contributed by atoms with E-state index >= 15 is 0 Å². The molecule has 1 amide bonds. The number of carbonyl (C=O) groups excluding carboxylic acids is 1. The van der Waals surface area contributed by atoms with E-state index in [9.17, 15) is 4.79 Å². The molecule has 0 unspecified atom stereocenters. The molecule has 0 aliphatic carbocycles. The number of aryl methyl sites for hydroxylation is 4. The van der Waals surface area contributed by atoms with E-state index in [4.69, 9.17) is 0 Å². The Balaban J connectivity index is 1.54. The molecule has 2 heterocycles. The number of benzene rings is 1. The second-order valence-electron chi connectivity index (χ2n) is 6.20. The third kappa shape index (κ3) is 4.53. The minimum absolute atomic E-state index is 0.124. The Morgan fingerprint density at radius 1 is 1.16 bits per heavy atom. The highest BCUT2D eigenvalue weighted by molar-refractivity contribution is 5.88. The highest BCUT2D eigenvalue weighted by Crippen LogP contribution is 2.07. The van der Waals surface area contributed by atoms with Crippen molar-refractivity contribution >= 4 is 11.9 Å². The zero-order valence-electron chi connectivity index (χ0n) is 14.7. The fourth-order valence-electron chi connectivity index (χ4n) is 2.72. The largest absolute Gasteiger partial charge is 0.293 e. The molecule has 0 saturated carbocycles. The summed E-state index contributed by atoms with van der Waals surface area (Å²) < 4.78 is 3.55. The molecule has 130 valence electrons. The maximum Gasteiger partial charge on any atom is 0.248 e. The van der Waals surface area contributed by atoms with Crippen LogP contribution < -0.4 is 5.32 Å². The summed E-state index contributed by atoms with van der Waals surface area (Å²) in [6.07, 6.45) is 1.95. The van der Waals surface area contributed by atoms with E-state index in [0.717, 1.165) is 17.0 Å². The quantitative estimate of drug-likeness (QED) is 0.749. The van der Waals surface area contributed by atoms with Gasteiger partial charge in [-0.2, -0.15) is 5.10 Å². The summed E-state index contributed by atoms with van der Waals surface area (Å²) in [4.78, 5) is 16.2. The van der Waals surface area contributed by atoms with Gasteiger partial charge in [-0.1, -0.05) is 29.8 Å². The molecule has 3 aromatic rings. The van der Waals surface area contributed by atoms with Crippen molar-refractivity contribution in [3.05, 3.63) is 59.2 Å². The minimum Gasteiger partial charge on any atom is -0.293 e.